The number of H-pyrrole nitrogens is 1. The van der Waals surface area contributed by atoms with Crippen LogP contribution in [0.3, 0.4) is 0 Å². The van der Waals surface area contributed by atoms with E-state index >= 15 is 0 Å². The van der Waals surface area contributed by atoms with Gasteiger partial charge in [-0.05, 0) is 50.1 Å². The van der Waals surface area contributed by atoms with Gasteiger partial charge in [-0.25, -0.2) is 4.98 Å². The van der Waals surface area contributed by atoms with Crippen LogP contribution < -0.4 is 10.1 Å². The number of fused-ring (bicyclic) bond motifs is 1. The van der Waals surface area contributed by atoms with Gasteiger partial charge in [0, 0.05) is 12.2 Å². The molecule has 0 saturated carbocycles. The van der Waals surface area contributed by atoms with Crippen molar-refractivity contribution in [3.63, 3.8) is 0 Å². The zero-order chi connectivity index (χ0) is 20.5. The zero-order valence-corrected chi connectivity index (χ0v) is 16.5. The second-order valence-corrected chi connectivity index (χ2v) is 6.01. The van der Waals surface area contributed by atoms with Crippen molar-refractivity contribution >= 4 is 22.6 Å². The third-order valence-corrected chi connectivity index (χ3v) is 4.00. The number of aromatic nitrogens is 2. The number of hydrogen-bond donors (Lipinski definition) is 2. The first kappa shape index (κ1) is 20.4. The highest BCUT2D eigenvalue weighted by Gasteiger charge is 2.12. The highest BCUT2D eigenvalue weighted by molar-refractivity contribution is 6.05. The first-order chi connectivity index (χ1) is 14.2. The molecule has 0 aliphatic rings. The number of carbonyl (C=O) groups excluding carboxylic acids is 1. The SMILES string of the molecule is CC#CC(=O)Nc1cc(-c2nc3ccccc3[nH]2)ccc1OCOCCOCC. The summed E-state index contributed by atoms with van der Waals surface area (Å²) in [6.45, 7) is 5.14. The number of rotatable bonds is 9. The van der Waals surface area contributed by atoms with Crippen LogP contribution >= 0.6 is 0 Å². The average molecular weight is 393 g/mol. The Kier molecular flexibility index (Phi) is 7.22. The smallest absolute Gasteiger partial charge is 0.300 e. The highest BCUT2D eigenvalue weighted by atomic mass is 16.7. The van der Waals surface area contributed by atoms with Crippen LogP contribution in [-0.4, -0.2) is 42.5 Å². The number of para-hydroxylation sites is 2. The van der Waals surface area contributed by atoms with Crippen LogP contribution in [0.4, 0.5) is 5.69 Å². The Balaban J connectivity index is 1.79. The topological polar surface area (TPSA) is 85.5 Å². The number of nitrogens with one attached hydrogen (secondary N) is 2. The van der Waals surface area contributed by atoms with Crippen molar-refractivity contribution in [3.05, 3.63) is 42.5 Å². The molecule has 0 spiro atoms. The van der Waals surface area contributed by atoms with E-state index in [0.29, 0.717) is 37.1 Å². The van der Waals surface area contributed by atoms with Crippen LogP contribution in [0.1, 0.15) is 13.8 Å². The van der Waals surface area contributed by atoms with Gasteiger partial charge in [-0.15, -0.1) is 0 Å². The van der Waals surface area contributed by atoms with Gasteiger partial charge in [0.05, 0.1) is 29.9 Å². The maximum Gasteiger partial charge on any atom is 0.300 e. The second kappa shape index (κ2) is 10.3. The molecule has 0 aliphatic heterocycles. The molecule has 1 heterocycles. The summed E-state index contributed by atoms with van der Waals surface area (Å²) in [4.78, 5) is 19.9. The number of carbonyl (C=O) groups is 1. The largest absolute Gasteiger partial charge is 0.465 e. The van der Waals surface area contributed by atoms with Gasteiger partial charge in [-0.3, -0.25) is 4.79 Å². The molecule has 7 nitrogen and oxygen atoms in total. The summed E-state index contributed by atoms with van der Waals surface area (Å²) in [5.41, 5.74) is 3.11. The third kappa shape index (κ3) is 5.57. The fourth-order valence-electron chi connectivity index (χ4n) is 2.68. The van der Waals surface area contributed by atoms with E-state index in [1.54, 1.807) is 19.1 Å². The predicted molar refractivity (Wildman–Crippen MR) is 112 cm³/mol. The van der Waals surface area contributed by atoms with E-state index in [9.17, 15) is 4.79 Å². The fraction of sp³-hybridized carbons (Fsp3) is 0.273. The fourth-order valence-corrected chi connectivity index (χ4v) is 2.68. The third-order valence-electron chi connectivity index (χ3n) is 4.00. The molecule has 1 amide bonds. The minimum Gasteiger partial charge on any atom is -0.465 e. The van der Waals surface area contributed by atoms with Crippen LogP contribution in [0.5, 0.6) is 5.75 Å². The second-order valence-electron chi connectivity index (χ2n) is 6.01. The van der Waals surface area contributed by atoms with Gasteiger partial charge in [0.25, 0.3) is 5.91 Å². The van der Waals surface area contributed by atoms with Gasteiger partial charge >= 0.3 is 0 Å². The molecule has 0 saturated heterocycles. The molecule has 0 fully saturated rings. The van der Waals surface area contributed by atoms with Gasteiger partial charge in [0.2, 0.25) is 0 Å². The first-order valence-electron chi connectivity index (χ1n) is 9.32. The monoisotopic (exact) mass is 393 g/mol. The lowest BCUT2D eigenvalue weighted by Crippen LogP contribution is -2.12. The molecule has 0 bridgehead atoms. The minimum atomic E-state index is -0.420. The van der Waals surface area contributed by atoms with Crippen LogP contribution in [0, 0.1) is 11.8 Å². The van der Waals surface area contributed by atoms with Gasteiger partial charge in [-0.2, -0.15) is 0 Å². The number of imidazole rings is 1. The lowest BCUT2D eigenvalue weighted by molar-refractivity contribution is -0.111. The summed E-state index contributed by atoms with van der Waals surface area (Å²) in [5, 5.41) is 2.76. The van der Waals surface area contributed by atoms with Crippen molar-refractivity contribution in [2.45, 2.75) is 13.8 Å². The quantitative estimate of drug-likeness (QED) is 0.330. The normalized spacial score (nSPS) is 10.4. The number of benzene rings is 2. The molecule has 0 unspecified atom stereocenters. The van der Waals surface area contributed by atoms with Crippen molar-refractivity contribution in [1.82, 2.24) is 9.97 Å². The number of hydrogen-bond acceptors (Lipinski definition) is 5. The maximum absolute atomic E-state index is 12.0. The zero-order valence-electron chi connectivity index (χ0n) is 16.5. The number of amides is 1. The molecule has 0 radical (unpaired) electrons. The molecule has 2 N–H and O–H groups in total. The summed E-state index contributed by atoms with van der Waals surface area (Å²) in [5.74, 6) is 5.80. The van der Waals surface area contributed by atoms with Gasteiger partial charge in [0.15, 0.2) is 6.79 Å². The Morgan fingerprint density at radius 1 is 1.17 bits per heavy atom. The highest BCUT2D eigenvalue weighted by Crippen LogP contribution is 2.30. The van der Waals surface area contributed by atoms with E-state index in [4.69, 9.17) is 14.2 Å². The van der Waals surface area contributed by atoms with Gasteiger partial charge in [0.1, 0.15) is 11.6 Å². The standard InChI is InChI=1S/C22H23N3O4/c1-3-7-21(26)23-19-14-16(22-24-17-8-5-6-9-18(17)25-22)10-11-20(19)29-15-28-13-12-27-4-2/h5-6,8-11,14H,4,12-13,15H2,1-2H3,(H,23,26)(H,24,25). The van der Waals surface area contributed by atoms with Gasteiger partial charge in [-0.1, -0.05) is 18.1 Å². The lowest BCUT2D eigenvalue weighted by atomic mass is 10.1. The average Bonchev–Trinajstić information content (AvgIpc) is 3.16. The van der Waals surface area contributed by atoms with E-state index < -0.39 is 5.91 Å². The van der Waals surface area contributed by atoms with Crippen LogP contribution in [0.15, 0.2) is 42.5 Å². The molecule has 29 heavy (non-hydrogen) atoms. The Bertz CT molecular complexity index is 1000. The molecular weight excluding hydrogens is 370 g/mol. The minimum absolute atomic E-state index is 0.0411. The Hall–Kier alpha value is -3.34. The van der Waals surface area contributed by atoms with E-state index in [2.05, 4.69) is 27.1 Å². The summed E-state index contributed by atoms with van der Waals surface area (Å²) in [6.07, 6.45) is 0. The van der Waals surface area contributed by atoms with E-state index in [0.717, 1.165) is 16.6 Å². The predicted octanol–water partition coefficient (Wildman–Crippen LogP) is 3.58. The molecule has 2 aromatic carbocycles. The van der Waals surface area contributed by atoms with E-state index in [-0.39, 0.29) is 6.79 Å². The first-order valence-corrected chi connectivity index (χ1v) is 9.32. The van der Waals surface area contributed by atoms with Crippen molar-refractivity contribution in [2.75, 3.05) is 31.9 Å². The molecule has 1 aromatic heterocycles. The molecule has 0 atom stereocenters. The summed E-state index contributed by atoms with van der Waals surface area (Å²) in [6, 6.07) is 13.2. The van der Waals surface area contributed by atoms with Crippen molar-refractivity contribution < 1.29 is 19.0 Å². The number of nitrogens with zero attached hydrogens (tertiary/aromatic N) is 1. The van der Waals surface area contributed by atoms with Crippen molar-refractivity contribution in [2.24, 2.45) is 0 Å². The molecular formula is C22H23N3O4. The Labute approximate surface area is 169 Å². The Morgan fingerprint density at radius 3 is 2.79 bits per heavy atom. The summed E-state index contributed by atoms with van der Waals surface area (Å²) >= 11 is 0. The van der Waals surface area contributed by atoms with Gasteiger partial charge < -0.3 is 24.5 Å². The summed E-state index contributed by atoms with van der Waals surface area (Å²) in [7, 11) is 0. The van der Waals surface area contributed by atoms with E-state index in [1.807, 2.05) is 37.3 Å². The summed E-state index contributed by atoms with van der Waals surface area (Å²) < 4.78 is 16.3. The lowest BCUT2D eigenvalue weighted by Gasteiger charge is -2.13. The molecule has 3 aromatic rings. The Morgan fingerprint density at radius 2 is 2.00 bits per heavy atom. The molecule has 150 valence electrons. The number of aromatic amines is 1. The van der Waals surface area contributed by atoms with Crippen LogP contribution in [0.25, 0.3) is 22.4 Å². The number of ether oxygens (including phenoxy) is 3. The van der Waals surface area contributed by atoms with Crippen molar-refractivity contribution in [1.29, 1.82) is 0 Å². The molecule has 7 heteroatoms. The molecule has 0 aliphatic carbocycles. The molecule has 3 rings (SSSR count). The van der Waals surface area contributed by atoms with Crippen LogP contribution in [0.2, 0.25) is 0 Å². The van der Waals surface area contributed by atoms with Crippen LogP contribution in [-0.2, 0) is 14.3 Å². The number of anilines is 1. The van der Waals surface area contributed by atoms with Crippen molar-refractivity contribution in [3.8, 4) is 29.0 Å². The maximum atomic E-state index is 12.0. The van der Waals surface area contributed by atoms with E-state index in [1.165, 1.54) is 0 Å².